The first kappa shape index (κ1) is 36.0. The Balaban J connectivity index is 1.34. The van der Waals surface area contributed by atoms with Crippen LogP contribution in [0.3, 0.4) is 0 Å². The van der Waals surface area contributed by atoms with Crippen molar-refractivity contribution in [2.45, 2.75) is 61.4 Å². The smallest absolute Gasteiger partial charge is 0.338 e. The molecule has 10 atom stereocenters. The van der Waals surface area contributed by atoms with Gasteiger partial charge in [-0.05, 0) is 36.4 Å². The Bertz CT molecular complexity index is 1890. The zero-order valence-corrected chi connectivity index (χ0v) is 26.3. The third kappa shape index (κ3) is 7.07. The SMILES string of the molecule is O=C(OC1C(CO)OC(Oc2c(-c3ccc(O)cc3)oc3cc(OC4OC(CO)C(O)C(O)C4O)cc(O)c3c2=O)C(O)C1O)c1ccccc1. The lowest BCUT2D eigenvalue weighted by molar-refractivity contribution is -0.277. The summed E-state index contributed by atoms with van der Waals surface area (Å²) in [5, 5.41) is 92.5. The summed E-state index contributed by atoms with van der Waals surface area (Å²) in [5.74, 6) is -2.95. The molecule has 2 aliphatic heterocycles. The molecule has 0 bridgehead atoms. The summed E-state index contributed by atoms with van der Waals surface area (Å²) in [4.78, 5) is 26.7. The summed E-state index contributed by atoms with van der Waals surface area (Å²) in [7, 11) is 0. The topological polar surface area (TPSA) is 275 Å². The zero-order valence-electron chi connectivity index (χ0n) is 26.3. The lowest BCUT2D eigenvalue weighted by Gasteiger charge is -2.41. The molecule has 17 heteroatoms. The lowest BCUT2D eigenvalue weighted by Crippen LogP contribution is -2.61. The van der Waals surface area contributed by atoms with Crippen molar-refractivity contribution in [2.24, 2.45) is 0 Å². The summed E-state index contributed by atoms with van der Waals surface area (Å²) < 4.78 is 33.8. The first-order valence-electron chi connectivity index (χ1n) is 15.6. The fourth-order valence-electron chi connectivity index (χ4n) is 5.71. The zero-order chi connectivity index (χ0) is 36.6. The number of rotatable bonds is 9. The molecule has 3 heterocycles. The third-order valence-corrected chi connectivity index (χ3v) is 8.44. The van der Waals surface area contributed by atoms with Gasteiger partial charge in [0, 0.05) is 17.7 Å². The number of aromatic hydroxyl groups is 2. The molecule has 0 aliphatic carbocycles. The van der Waals surface area contributed by atoms with Gasteiger partial charge in [0.25, 0.3) is 0 Å². The fourth-order valence-corrected chi connectivity index (χ4v) is 5.71. The maximum atomic E-state index is 14.0. The number of hydrogen-bond donors (Lipinski definition) is 9. The number of aliphatic hydroxyl groups excluding tert-OH is 7. The largest absolute Gasteiger partial charge is 0.508 e. The molecule has 2 aliphatic rings. The molecule has 9 N–H and O–H groups in total. The van der Waals surface area contributed by atoms with Gasteiger partial charge in [-0.15, -0.1) is 0 Å². The Morgan fingerprint density at radius 1 is 0.725 bits per heavy atom. The minimum absolute atomic E-state index is 0.128. The number of carbonyl (C=O) groups excluding carboxylic acids is 1. The summed E-state index contributed by atoms with van der Waals surface area (Å²) in [6, 6.07) is 15.1. The number of aliphatic hydroxyl groups is 7. The van der Waals surface area contributed by atoms with Gasteiger partial charge in [-0.3, -0.25) is 4.79 Å². The number of phenols is 2. The molecular weight excluding hydrogens is 680 g/mol. The normalized spacial score (nSPS) is 29.4. The van der Waals surface area contributed by atoms with E-state index in [9.17, 15) is 55.5 Å². The van der Waals surface area contributed by atoms with Crippen molar-refractivity contribution in [2.75, 3.05) is 13.2 Å². The monoisotopic (exact) mass is 714 g/mol. The first-order chi connectivity index (χ1) is 24.4. The molecule has 17 nitrogen and oxygen atoms in total. The van der Waals surface area contributed by atoms with Crippen LogP contribution in [0.2, 0.25) is 0 Å². The van der Waals surface area contributed by atoms with E-state index in [-0.39, 0.29) is 34.0 Å². The summed E-state index contributed by atoms with van der Waals surface area (Å²) in [5.41, 5.74) is -1.05. The van der Waals surface area contributed by atoms with Gasteiger partial charge < -0.3 is 74.1 Å². The van der Waals surface area contributed by atoms with Gasteiger partial charge in [-0.1, -0.05) is 18.2 Å². The average molecular weight is 715 g/mol. The van der Waals surface area contributed by atoms with Crippen LogP contribution in [0.25, 0.3) is 22.3 Å². The molecule has 1 aromatic heterocycles. The number of fused-ring (bicyclic) bond motifs is 1. The second kappa shape index (κ2) is 14.8. The van der Waals surface area contributed by atoms with Crippen molar-refractivity contribution in [3.8, 4) is 34.3 Å². The Morgan fingerprint density at radius 2 is 1.35 bits per heavy atom. The Morgan fingerprint density at radius 3 is 2.02 bits per heavy atom. The van der Waals surface area contributed by atoms with Gasteiger partial charge in [0.2, 0.25) is 23.8 Å². The van der Waals surface area contributed by atoms with Crippen LogP contribution in [-0.4, -0.2) is 127 Å². The number of hydrogen-bond acceptors (Lipinski definition) is 17. The molecule has 272 valence electrons. The fraction of sp³-hybridized carbons (Fsp3) is 0.353. The molecule has 0 amide bonds. The minimum atomic E-state index is -1.97. The van der Waals surface area contributed by atoms with Crippen LogP contribution in [0, 0.1) is 0 Å². The highest BCUT2D eigenvalue weighted by Gasteiger charge is 2.49. The summed E-state index contributed by atoms with van der Waals surface area (Å²) in [6.45, 7) is -1.54. The van der Waals surface area contributed by atoms with Crippen LogP contribution >= 0.6 is 0 Å². The molecular formula is C34H34O17. The molecule has 4 aromatic rings. The summed E-state index contributed by atoms with van der Waals surface area (Å²) in [6.07, 6.45) is -16.9. The van der Waals surface area contributed by atoms with E-state index in [1.54, 1.807) is 18.2 Å². The van der Waals surface area contributed by atoms with Gasteiger partial charge in [-0.2, -0.15) is 0 Å². The number of carbonyl (C=O) groups is 1. The number of esters is 1. The van der Waals surface area contributed by atoms with Gasteiger partial charge in [-0.25, -0.2) is 4.79 Å². The first-order valence-corrected chi connectivity index (χ1v) is 15.6. The van der Waals surface area contributed by atoms with Crippen LogP contribution in [-0.2, 0) is 14.2 Å². The number of benzene rings is 3. The van der Waals surface area contributed by atoms with Crippen molar-refractivity contribution in [3.63, 3.8) is 0 Å². The van der Waals surface area contributed by atoms with E-state index in [1.807, 2.05) is 0 Å². The van der Waals surface area contributed by atoms with Crippen molar-refractivity contribution in [1.82, 2.24) is 0 Å². The van der Waals surface area contributed by atoms with Crippen molar-refractivity contribution >= 4 is 16.9 Å². The van der Waals surface area contributed by atoms with E-state index in [0.29, 0.717) is 0 Å². The van der Waals surface area contributed by atoms with E-state index >= 15 is 0 Å². The maximum absolute atomic E-state index is 14.0. The van der Waals surface area contributed by atoms with E-state index in [0.717, 1.165) is 12.1 Å². The predicted molar refractivity (Wildman–Crippen MR) is 170 cm³/mol. The molecule has 6 rings (SSSR count). The van der Waals surface area contributed by atoms with Crippen LogP contribution in [0.5, 0.6) is 23.0 Å². The van der Waals surface area contributed by atoms with E-state index < -0.39 is 103 Å². The third-order valence-electron chi connectivity index (χ3n) is 8.44. The highest BCUT2D eigenvalue weighted by Crippen LogP contribution is 2.38. The van der Waals surface area contributed by atoms with Crippen LogP contribution in [0.1, 0.15) is 10.4 Å². The molecule has 2 saturated heterocycles. The highest BCUT2D eigenvalue weighted by molar-refractivity contribution is 5.89. The molecule has 0 spiro atoms. The van der Waals surface area contributed by atoms with Crippen LogP contribution in [0.4, 0.5) is 0 Å². The Labute approximate surface area is 287 Å². The molecule has 51 heavy (non-hydrogen) atoms. The maximum Gasteiger partial charge on any atom is 0.338 e. The lowest BCUT2D eigenvalue weighted by atomic mass is 9.98. The number of phenolic OH excluding ortho intramolecular Hbond substituents is 2. The van der Waals surface area contributed by atoms with Gasteiger partial charge in [0.15, 0.2) is 11.9 Å². The Kier molecular flexibility index (Phi) is 10.4. The average Bonchev–Trinajstić information content (AvgIpc) is 3.12. The molecule has 10 unspecified atom stereocenters. The highest BCUT2D eigenvalue weighted by atomic mass is 16.7. The summed E-state index contributed by atoms with van der Waals surface area (Å²) >= 11 is 0. The Hall–Kier alpha value is -4.82. The molecule has 3 aromatic carbocycles. The van der Waals surface area contributed by atoms with E-state index in [4.69, 9.17) is 28.1 Å². The molecule has 2 fully saturated rings. The molecule has 0 radical (unpaired) electrons. The minimum Gasteiger partial charge on any atom is -0.508 e. The van der Waals surface area contributed by atoms with E-state index in [1.165, 1.54) is 36.4 Å². The van der Waals surface area contributed by atoms with Gasteiger partial charge >= 0.3 is 5.97 Å². The standard InChI is InChI=1S/C34H34O17/c35-12-20-23(39)25(41)27(43)33(48-20)46-17-10-18(38)22-19(11-17)47-29(14-6-8-16(37)9-7-14)31(24(22)40)51-34-28(44)26(42)30(21(13-36)49-34)50-32(45)15-4-2-1-3-5-15/h1-11,20-21,23,25-28,30,33-39,41-44H,12-13H2. The van der Waals surface area contributed by atoms with Crippen LogP contribution < -0.4 is 14.9 Å². The second-order valence-corrected chi connectivity index (χ2v) is 11.8. The number of ether oxygens (including phenoxy) is 5. The second-order valence-electron chi connectivity index (χ2n) is 11.8. The van der Waals surface area contributed by atoms with Crippen LogP contribution in [0.15, 0.2) is 75.9 Å². The quantitative estimate of drug-likeness (QED) is 0.0950. The van der Waals surface area contributed by atoms with Gasteiger partial charge in [0.05, 0.1) is 18.8 Å². The van der Waals surface area contributed by atoms with Crippen molar-refractivity contribution in [3.05, 3.63) is 82.5 Å². The molecule has 0 saturated carbocycles. The van der Waals surface area contributed by atoms with Crippen molar-refractivity contribution < 1.29 is 78.9 Å². The van der Waals surface area contributed by atoms with Crippen molar-refractivity contribution in [1.29, 1.82) is 0 Å². The van der Waals surface area contributed by atoms with Gasteiger partial charge in [0.1, 0.15) is 70.9 Å². The van der Waals surface area contributed by atoms with E-state index in [2.05, 4.69) is 0 Å². The predicted octanol–water partition coefficient (Wildman–Crippen LogP) is -0.907.